The molecule has 0 saturated heterocycles. The Bertz CT molecular complexity index is 1450. The highest BCUT2D eigenvalue weighted by molar-refractivity contribution is 6.32. The third kappa shape index (κ3) is 3.23. The molecule has 0 bridgehead atoms. The number of imidazole rings is 1. The number of aryl methyl sites for hydroxylation is 1. The van der Waals surface area contributed by atoms with Gasteiger partial charge in [0, 0.05) is 50.3 Å². The number of carbonyl (C=O) groups excluding carboxylic acids is 3. The molecule has 1 heterocycles. The second-order valence-corrected chi connectivity index (χ2v) is 10.0. The molecule has 1 aromatic carbocycles. The average Bonchev–Trinajstić information content (AvgIpc) is 3.25. The Morgan fingerprint density at radius 3 is 2.51 bits per heavy atom. The summed E-state index contributed by atoms with van der Waals surface area (Å²) in [6, 6.07) is 1.81. The minimum Gasteiger partial charge on any atom is -0.507 e. The monoisotopic (exact) mass is 508 g/mol. The van der Waals surface area contributed by atoms with Crippen molar-refractivity contribution < 1.29 is 34.4 Å². The molecule has 37 heavy (non-hydrogen) atoms. The van der Waals surface area contributed by atoms with Gasteiger partial charge in [-0.15, -0.1) is 0 Å². The van der Waals surface area contributed by atoms with E-state index in [1.54, 1.807) is 30.2 Å². The first-order valence-electron chi connectivity index (χ1n) is 11.8. The van der Waals surface area contributed by atoms with Crippen LogP contribution >= 0.6 is 0 Å². The summed E-state index contributed by atoms with van der Waals surface area (Å²) in [5.74, 6) is -5.36. The average molecular weight is 509 g/mol. The van der Waals surface area contributed by atoms with Crippen molar-refractivity contribution in [1.29, 1.82) is 0 Å². The van der Waals surface area contributed by atoms with Crippen molar-refractivity contribution in [2.45, 2.75) is 24.9 Å². The van der Waals surface area contributed by atoms with Crippen LogP contribution in [0.1, 0.15) is 24.0 Å². The van der Waals surface area contributed by atoms with E-state index < -0.39 is 46.2 Å². The van der Waals surface area contributed by atoms with Crippen molar-refractivity contribution in [1.82, 2.24) is 9.55 Å². The van der Waals surface area contributed by atoms with E-state index in [9.17, 15) is 29.7 Å². The molecule has 1 saturated carbocycles. The van der Waals surface area contributed by atoms with Gasteiger partial charge < -0.3 is 35.3 Å². The number of phenolic OH excluding ortho intramolecular Hbond substituents is 1. The predicted molar refractivity (Wildman–Crippen MR) is 132 cm³/mol. The van der Waals surface area contributed by atoms with Gasteiger partial charge in [-0.25, -0.2) is 4.98 Å². The van der Waals surface area contributed by atoms with Crippen LogP contribution in [0.25, 0.3) is 17.0 Å². The molecule has 2 aromatic rings. The Labute approximate surface area is 212 Å². The number of allylic oxidation sites excluding steroid dienone is 1. The molecule has 5 rings (SSSR count). The summed E-state index contributed by atoms with van der Waals surface area (Å²) >= 11 is 0. The molecular weight excluding hydrogens is 480 g/mol. The second-order valence-electron chi connectivity index (χ2n) is 10.0. The number of amides is 1. The van der Waals surface area contributed by atoms with Crippen molar-refractivity contribution in [3.63, 3.8) is 0 Å². The highest BCUT2D eigenvalue weighted by Gasteiger charge is 2.61. The van der Waals surface area contributed by atoms with E-state index in [2.05, 4.69) is 4.98 Å². The van der Waals surface area contributed by atoms with E-state index in [1.807, 2.05) is 19.0 Å². The highest BCUT2D eigenvalue weighted by Crippen LogP contribution is 2.54. The van der Waals surface area contributed by atoms with Gasteiger partial charge in [0.15, 0.2) is 5.60 Å². The van der Waals surface area contributed by atoms with Crippen LogP contribution in [0.15, 0.2) is 35.5 Å². The Kier molecular flexibility index (Phi) is 5.45. The zero-order valence-corrected chi connectivity index (χ0v) is 20.9. The molecule has 0 unspecified atom stereocenters. The van der Waals surface area contributed by atoms with Crippen LogP contribution in [0.3, 0.4) is 0 Å². The number of aromatic nitrogens is 2. The number of ketones is 2. The van der Waals surface area contributed by atoms with Gasteiger partial charge in [0.1, 0.15) is 22.8 Å². The van der Waals surface area contributed by atoms with Crippen molar-refractivity contribution in [2.24, 2.45) is 24.6 Å². The first kappa shape index (κ1) is 24.6. The van der Waals surface area contributed by atoms with E-state index in [-0.39, 0.29) is 41.9 Å². The van der Waals surface area contributed by atoms with E-state index in [0.717, 1.165) is 5.69 Å². The van der Waals surface area contributed by atoms with Gasteiger partial charge in [0.25, 0.3) is 5.91 Å². The first-order chi connectivity index (χ1) is 17.4. The van der Waals surface area contributed by atoms with Crippen LogP contribution in [0.5, 0.6) is 5.75 Å². The zero-order valence-electron chi connectivity index (χ0n) is 20.9. The van der Waals surface area contributed by atoms with E-state index >= 15 is 0 Å². The van der Waals surface area contributed by atoms with Crippen LogP contribution in [0, 0.1) is 11.8 Å². The van der Waals surface area contributed by atoms with Crippen LogP contribution in [-0.4, -0.2) is 69.2 Å². The lowest BCUT2D eigenvalue weighted by molar-refractivity contribution is -0.158. The standard InChI is InChI=1S/C26H28N4O7/c1-29(2)15-8-14(16-9-28-10-30(16)3)21(31)19-13(15)6-11-5-12-7-17(37-4)20(25(27)35)24(34)26(12,36)23(33)18(11)22(19)32/h8-12,31-32,36H,5-7H2,1-4H3,(H2,27,35)/t11-,12+,26+/m1/s1. The molecule has 11 heteroatoms. The van der Waals surface area contributed by atoms with E-state index in [0.29, 0.717) is 16.8 Å². The molecule has 3 atom stereocenters. The number of hydrogen-bond donors (Lipinski definition) is 4. The number of ether oxygens (including phenoxy) is 1. The molecule has 1 aromatic heterocycles. The van der Waals surface area contributed by atoms with Gasteiger partial charge in [0.05, 0.1) is 30.9 Å². The summed E-state index contributed by atoms with van der Waals surface area (Å²) < 4.78 is 6.94. The smallest absolute Gasteiger partial charge is 0.255 e. The number of anilines is 1. The zero-order chi connectivity index (χ0) is 27.0. The highest BCUT2D eigenvalue weighted by atomic mass is 16.5. The Morgan fingerprint density at radius 1 is 1.24 bits per heavy atom. The molecule has 1 fully saturated rings. The molecule has 3 aliphatic carbocycles. The number of benzene rings is 1. The number of nitrogens with zero attached hydrogens (tertiary/aromatic N) is 3. The fraction of sp³-hybridized carbons (Fsp3) is 0.385. The van der Waals surface area contributed by atoms with Crippen LogP contribution in [0.4, 0.5) is 5.69 Å². The maximum Gasteiger partial charge on any atom is 0.255 e. The van der Waals surface area contributed by atoms with Crippen LogP contribution in [0.2, 0.25) is 0 Å². The van der Waals surface area contributed by atoms with Crippen molar-refractivity contribution in [2.75, 3.05) is 26.1 Å². The van der Waals surface area contributed by atoms with Crippen molar-refractivity contribution >= 4 is 28.9 Å². The number of aliphatic hydroxyl groups is 2. The second kappa shape index (κ2) is 8.20. The SMILES string of the molecule is COC1=C(C(N)=O)C(=O)[C@@]2(O)C(=O)C3=C(O)c4c(O)c(-c5cncn5C)cc(N(C)C)c4C[C@H]3C[C@H]2C1. The predicted octanol–water partition coefficient (Wildman–Crippen LogP) is 0.979. The normalized spacial score (nSPS) is 25.0. The maximum absolute atomic E-state index is 13.8. The van der Waals surface area contributed by atoms with Gasteiger partial charge in [-0.05, 0) is 30.4 Å². The number of nitrogens with two attached hydrogens (primary N) is 1. The van der Waals surface area contributed by atoms with Crippen LogP contribution in [-0.2, 0) is 32.6 Å². The molecular formula is C26H28N4O7. The number of Topliss-reactive ketones (excluding diaryl/α,β-unsaturated/α-hetero) is 2. The minimum absolute atomic E-state index is 0.0280. The topological polar surface area (TPSA) is 168 Å². The number of primary amides is 1. The lowest BCUT2D eigenvalue weighted by Crippen LogP contribution is -2.61. The summed E-state index contributed by atoms with van der Waals surface area (Å²) in [5.41, 5.74) is 4.52. The molecule has 11 nitrogen and oxygen atoms in total. The van der Waals surface area contributed by atoms with E-state index in [1.165, 1.54) is 7.11 Å². The first-order valence-corrected chi connectivity index (χ1v) is 11.8. The fourth-order valence-corrected chi connectivity index (χ4v) is 6.04. The summed E-state index contributed by atoms with van der Waals surface area (Å²) in [7, 11) is 6.72. The number of phenols is 1. The lowest BCUT2D eigenvalue weighted by Gasteiger charge is -2.46. The van der Waals surface area contributed by atoms with Crippen LogP contribution < -0.4 is 10.6 Å². The number of rotatable bonds is 4. The number of methoxy groups -OCH3 is 1. The Balaban J connectivity index is 1.73. The number of fused-ring (bicyclic) bond motifs is 3. The molecule has 5 N–H and O–H groups in total. The quantitative estimate of drug-likeness (QED) is 0.347. The minimum atomic E-state index is -2.58. The molecule has 0 aliphatic heterocycles. The number of aliphatic hydroxyl groups excluding tert-OH is 1. The number of carbonyl (C=O) groups is 3. The largest absolute Gasteiger partial charge is 0.507 e. The Hall–Kier alpha value is -4.12. The maximum atomic E-state index is 13.8. The summed E-state index contributed by atoms with van der Waals surface area (Å²) in [6.45, 7) is 0. The Morgan fingerprint density at radius 2 is 1.95 bits per heavy atom. The van der Waals surface area contributed by atoms with Crippen molar-refractivity contribution in [3.05, 3.63) is 46.6 Å². The summed E-state index contributed by atoms with van der Waals surface area (Å²) in [4.78, 5) is 45.1. The number of hydrogen-bond acceptors (Lipinski definition) is 9. The lowest BCUT2D eigenvalue weighted by atomic mass is 9.58. The number of aromatic hydroxyl groups is 1. The third-order valence-corrected chi connectivity index (χ3v) is 7.84. The molecule has 3 aliphatic rings. The fourth-order valence-electron chi connectivity index (χ4n) is 6.04. The third-order valence-electron chi connectivity index (χ3n) is 7.84. The van der Waals surface area contributed by atoms with Gasteiger partial charge in [0.2, 0.25) is 11.6 Å². The molecule has 0 radical (unpaired) electrons. The van der Waals surface area contributed by atoms with Crippen molar-refractivity contribution in [3.8, 4) is 17.0 Å². The molecule has 1 amide bonds. The summed E-state index contributed by atoms with van der Waals surface area (Å²) in [5, 5.41) is 34.3. The summed E-state index contributed by atoms with van der Waals surface area (Å²) in [6.07, 6.45) is 3.56. The van der Waals surface area contributed by atoms with Gasteiger partial charge in [-0.2, -0.15) is 0 Å². The van der Waals surface area contributed by atoms with Gasteiger partial charge >= 0.3 is 0 Å². The molecule has 194 valence electrons. The van der Waals surface area contributed by atoms with E-state index in [4.69, 9.17) is 10.5 Å². The van der Waals surface area contributed by atoms with Gasteiger partial charge in [-0.1, -0.05) is 0 Å². The van der Waals surface area contributed by atoms with Gasteiger partial charge in [-0.3, -0.25) is 14.4 Å². The molecule has 0 spiro atoms.